The Kier molecular flexibility index (Phi) is 9.22. The molecule has 0 aliphatic heterocycles. The van der Waals surface area contributed by atoms with Gasteiger partial charge in [0, 0.05) is 12.6 Å². The van der Waals surface area contributed by atoms with Crippen LogP contribution in [0.3, 0.4) is 0 Å². The van der Waals surface area contributed by atoms with E-state index in [2.05, 4.69) is 17.6 Å². The third-order valence-corrected chi connectivity index (χ3v) is 1.63. The highest BCUT2D eigenvalue weighted by molar-refractivity contribution is 5.87. The van der Waals surface area contributed by atoms with Crippen molar-refractivity contribution < 1.29 is 4.79 Å². The Morgan fingerprint density at radius 3 is 2.71 bits per heavy atom. The maximum Gasteiger partial charge on any atom is 0.243 e. The second kappa shape index (κ2) is 9.99. The number of rotatable bonds is 7. The molecule has 0 rings (SSSR count). The van der Waals surface area contributed by atoms with Crippen LogP contribution in [0.5, 0.6) is 0 Å². The van der Waals surface area contributed by atoms with E-state index in [4.69, 9.17) is 0 Å². The van der Waals surface area contributed by atoms with E-state index < -0.39 is 0 Å². The maximum absolute atomic E-state index is 11.1. The largest absolute Gasteiger partial charge is 0.353 e. The third kappa shape index (κ3) is 9.00. The maximum atomic E-state index is 11.1. The molecule has 2 N–H and O–H groups in total. The van der Waals surface area contributed by atoms with Crippen molar-refractivity contribution in [1.82, 2.24) is 10.6 Å². The highest BCUT2D eigenvalue weighted by Gasteiger charge is 1.92. The minimum Gasteiger partial charge on any atom is -0.353 e. The molecule has 0 heterocycles. The minimum absolute atomic E-state index is 0.0281. The van der Waals surface area contributed by atoms with Crippen LogP contribution in [0.1, 0.15) is 20.3 Å². The molecule has 0 aromatic heterocycles. The highest BCUT2D eigenvalue weighted by Crippen LogP contribution is 1.79. The molecule has 3 nitrogen and oxygen atoms in total. The van der Waals surface area contributed by atoms with Crippen molar-refractivity contribution in [2.24, 2.45) is 0 Å². The lowest BCUT2D eigenvalue weighted by Gasteiger charge is -2.02. The molecule has 80 valence electrons. The Morgan fingerprint density at radius 1 is 1.29 bits per heavy atom. The Hall–Kier alpha value is -1.09. The van der Waals surface area contributed by atoms with Crippen molar-refractivity contribution in [3.05, 3.63) is 24.3 Å². The average Bonchev–Trinajstić information content (AvgIpc) is 2.18. The fourth-order valence-corrected chi connectivity index (χ4v) is 0.915. The molecule has 0 aliphatic rings. The van der Waals surface area contributed by atoms with E-state index in [1.165, 1.54) is 6.08 Å². The molecule has 0 fully saturated rings. The molecule has 0 atom stereocenters. The van der Waals surface area contributed by atoms with E-state index in [-0.39, 0.29) is 5.91 Å². The molecule has 14 heavy (non-hydrogen) atoms. The molecule has 0 saturated carbocycles. The lowest BCUT2D eigenvalue weighted by atomic mass is 10.4. The van der Waals surface area contributed by atoms with Crippen LogP contribution in [0.2, 0.25) is 0 Å². The summed E-state index contributed by atoms with van der Waals surface area (Å²) in [6.45, 7) is 6.65. The Bertz CT molecular complexity index is 197. The summed E-state index contributed by atoms with van der Waals surface area (Å²) in [6.07, 6.45) is 7.96. The van der Waals surface area contributed by atoms with Gasteiger partial charge in [-0.2, -0.15) is 0 Å². The second-order valence-corrected chi connectivity index (χ2v) is 2.88. The molecule has 0 aliphatic carbocycles. The van der Waals surface area contributed by atoms with E-state index in [0.29, 0.717) is 0 Å². The first-order valence-corrected chi connectivity index (χ1v) is 5.09. The number of nitrogens with one attached hydrogen (secondary N) is 2. The van der Waals surface area contributed by atoms with Crippen LogP contribution in [0.15, 0.2) is 24.3 Å². The molecule has 0 saturated heterocycles. The zero-order valence-corrected chi connectivity index (χ0v) is 9.05. The van der Waals surface area contributed by atoms with Crippen molar-refractivity contribution in [1.29, 1.82) is 0 Å². The number of allylic oxidation sites excluding steroid dienone is 3. The Balaban J connectivity index is 3.35. The summed E-state index contributed by atoms with van der Waals surface area (Å²) in [6, 6.07) is 0. The summed E-state index contributed by atoms with van der Waals surface area (Å²) >= 11 is 0. The molecule has 3 heteroatoms. The SMILES string of the molecule is C/C=C/C=C/C(=O)NCCCNCC. The first-order valence-electron chi connectivity index (χ1n) is 5.09. The van der Waals surface area contributed by atoms with E-state index in [1.807, 2.05) is 19.1 Å². The summed E-state index contributed by atoms with van der Waals surface area (Å²) in [5, 5.41) is 5.99. The van der Waals surface area contributed by atoms with Gasteiger partial charge in [0.05, 0.1) is 0 Å². The van der Waals surface area contributed by atoms with Crippen LogP contribution in [-0.4, -0.2) is 25.5 Å². The van der Waals surface area contributed by atoms with Gasteiger partial charge in [0.2, 0.25) is 5.91 Å². The molecule has 1 amide bonds. The third-order valence-electron chi connectivity index (χ3n) is 1.63. The van der Waals surface area contributed by atoms with Crippen molar-refractivity contribution in [3.8, 4) is 0 Å². The van der Waals surface area contributed by atoms with Gasteiger partial charge in [0.25, 0.3) is 0 Å². The summed E-state index contributed by atoms with van der Waals surface area (Å²) in [4.78, 5) is 11.1. The van der Waals surface area contributed by atoms with Crippen molar-refractivity contribution in [2.75, 3.05) is 19.6 Å². The fraction of sp³-hybridized carbons (Fsp3) is 0.545. The van der Waals surface area contributed by atoms with Crippen LogP contribution in [0.25, 0.3) is 0 Å². The first-order chi connectivity index (χ1) is 6.81. The zero-order valence-electron chi connectivity index (χ0n) is 9.05. The smallest absolute Gasteiger partial charge is 0.243 e. The second-order valence-electron chi connectivity index (χ2n) is 2.88. The van der Waals surface area contributed by atoms with Crippen LogP contribution in [0.4, 0.5) is 0 Å². The lowest BCUT2D eigenvalue weighted by Crippen LogP contribution is -2.25. The van der Waals surface area contributed by atoms with Gasteiger partial charge in [-0.1, -0.05) is 25.2 Å². The summed E-state index contributed by atoms with van der Waals surface area (Å²) in [5.41, 5.74) is 0. The van der Waals surface area contributed by atoms with Gasteiger partial charge in [-0.3, -0.25) is 4.79 Å². The number of hydrogen-bond donors (Lipinski definition) is 2. The Morgan fingerprint density at radius 2 is 2.07 bits per heavy atom. The van der Waals surface area contributed by atoms with Gasteiger partial charge in [0.1, 0.15) is 0 Å². The zero-order chi connectivity index (χ0) is 10.6. The minimum atomic E-state index is -0.0281. The molecule has 0 spiro atoms. The van der Waals surface area contributed by atoms with Gasteiger partial charge < -0.3 is 10.6 Å². The van der Waals surface area contributed by atoms with E-state index in [9.17, 15) is 4.79 Å². The normalized spacial score (nSPS) is 11.3. The molecule has 0 radical (unpaired) electrons. The fourth-order valence-electron chi connectivity index (χ4n) is 0.915. The number of carbonyl (C=O) groups excluding carboxylic acids is 1. The molecular weight excluding hydrogens is 176 g/mol. The average molecular weight is 196 g/mol. The lowest BCUT2D eigenvalue weighted by molar-refractivity contribution is -0.116. The molecular formula is C11H20N2O. The van der Waals surface area contributed by atoms with Gasteiger partial charge in [-0.05, 0) is 26.4 Å². The summed E-state index contributed by atoms with van der Waals surface area (Å²) in [7, 11) is 0. The predicted molar refractivity (Wildman–Crippen MR) is 60.1 cm³/mol. The van der Waals surface area contributed by atoms with Crippen molar-refractivity contribution in [2.45, 2.75) is 20.3 Å². The van der Waals surface area contributed by atoms with Crippen LogP contribution < -0.4 is 10.6 Å². The topological polar surface area (TPSA) is 41.1 Å². The molecule has 0 bridgehead atoms. The van der Waals surface area contributed by atoms with Crippen LogP contribution in [-0.2, 0) is 4.79 Å². The van der Waals surface area contributed by atoms with Gasteiger partial charge in [0.15, 0.2) is 0 Å². The van der Waals surface area contributed by atoms with Gasteiger partial charge in [-0.15, -0.1) is 0 Å². The van der Waals surface area contributed by atoms with E-state index >= 15 is 0 Å². The molecule has 0 aromatic rings. The standard InChI is InChI=1S/C11H20N2O/c1-3-5-6-8-11(14)13-10-7-9-12-4-2/h3,5-6,8,12H,4,7,9-10H2,1-2H3,(H,13,14)/b5-3+,8-6+. The highest BCUT2D eigenvalue weighted by atomic mass is 16.1. The number of carbonyl (C=O) groups is 1. The monoisotopic (exact) mass is 196 g/mol. The van der Waals surface area contributed by atoms with Crippen LogP contribution in [0, 0.1) is 0 Å². The van der Waals surface area contributed by atoms with Crippen molar-refractivity contribution in [3.63, 3.8) is 0 Å². The summed E-state index contributed by atoms with van der Waals surface area (Å²) < 4.78 is 0. The quantitative estimate of drug-likeness (QED) is 0.365. The van der Waals surface area contributed by atoms with Gasteiger partial charge >= 0.3 is 0 Å². The first kappa shape index (κ1) is 12.9. The molecule has 0 aromatic carbocycles. The van der Waals surface area contributed by atoms with E-state index in [1.54, 1.807) is 6.08 Å². The summed E-state index contributed by atoms with van der Waals surface area (Å²) in [5.74, 6) is -0.0281. The van der Waals surface area contributed by atoms with Crippen LogP contribution >= 0.6 is 0 Å². The number of amides is 1. The van der Waals surface area contributed by atoms with Crippen molar-refractivity contribution >= 4 is 5.91 Å². The number of hydrogen-bond acceptors (Lipinski definition) is 2. The van der Waals surface area contributed by atoms with E-state index in [0.717, 1.165) is 26.1 Å². The molecule has 0 unspecified atom stereocenters. The predicted octanol–water partition coefficient (Wildman–Crippen LogP) is 1.23. The Labute approximate surface area is 86.3 Å². The van der Waals surface area contributed by atoms with Gasteiger partial charge in [-0.25, -0.2) is 0 Å².